The molecule has 0 amide bonds. The number of sulfone groups is 1. The fraction of sp³-hybridized carbons (Fsp3) is 0.400. The Kier molecular flexibility index (Phi) is 3.71. The zero-order valence-electron chi connectivity index (χ0n) is 8.73. The summed E-state index contributed by atoms with van der Waals surface area (Å²) in [6.45, 7) is 1.41. The minimum absolute atomic E-state index is 0.138. The van der Waals surface area contributed by atoms with Gasteiger partial charge in [0.1, 0.15) is 10.6 Å². The van der Waals surface area contributed by atoms with Gasteiger partial charge in [-0.25, -0.2) is 8.42 Å². The summed E-state index contributed by atoms with van der Waals surface area (Å²) in [4.78, 5) is 0.138. The summed E-state index contributed by atoms with van der Waals surface area (Å²) in [5.41, 5.74) is 0.840. The molecule has 1 aromatic rings. The van der Waals surface area contributed by atoms with Crippen molar-refractivity contribution in [3.05, 3.63) is 23.8 Å². The van der Waals surface area contributed by atoms with Crippen molar-refractivity contribution in [3.63, 3.8) is 0 Å². The number of aryl methyl sites for hydroxylation is 1. The van der Waals surface area contributed by atoms with E-state index >= 15 is 0 Å². The Labute approximate surface area is 89.4 Å². The molecule has 1 aromatic carbocycles. The molecule has 1 N–H and O–H groups in total. The lowest BCUT2D eigenvalue weighted by molar-refractivity contribution is 0.319. The summed E-state index contributed by atoms with van der Waals surface area (Å²) in [5, 5.41) is 8.68. The van der Waals surface area contributed by atoms with E-state index in [1.165, 1.54) is 7.11 Å². The van der Waals surface area contributed by atoms with Gasteiger partial charge in [0.05, 0.1) is 19.5 Å². The van der Waals surface area contributed by atoms with Crippen LogP contribution in [0.15, 0.2) is 23.1 Å². The molecular formula is C10H14O4S. The van der Waals surface area contributed by atoms with Crippen molar-refractivity contribution in [2.45, 2.75) is 11.8 Å². The molecule has 84 valence electrons. The predicted molar refractivity (Wildman–Crippen MR) is 56.9 cm³/mol. The molecule has 0 atom stereocenters. The molecule has 0 radical (unpaired) electrons. The van der Waals surface area contributed by atoms with Crippen LogP contribution < -0.4 is 4.74 Å². The Balaban J connectivity index is 3.28. The Hall–Kier alpha value is -1.07. The first-order valence-electron chi connectivity index (χ1n) is 4.49. The second-order valence-corrected chi connectivity index (χ2v) is 5.27. The second-order valence-electron chi connectivity index (χ2n) is 3.20. The Bertz CT molecular complexity index is 437. The van der Waals surface area contributed by atoms with Crippen molar-refractivity contribution in [1.82, 2.24) is 0 Å². The Morgan fingerprint density at radius 1 is 1.40 bits per heavy atom. The maximum absolute atomic E-state index is 11.7. The lowest BCUT2D eigenvalue weighted by atomic mass is 10.2. The van der Waals surface area contributed by atoms with Gasteiger partial charge in [0.25, 0.3) is 0 Å². The fourth-order valence-corrected chi connectivity index (χ4v) is 2.54. The van der Waals surface area contributed by atoms with E-state index in [2.05, 4.69) is 0 Å². The van der Waals surface area contributed by atoms with Crippen molar-refractivity contribution in [1.29, 1.82) is 0 Å². The van der Waals surface area contributed by atoms with Crippen molar-refractivity contribution in [2.75, 3.05) is 19.5 Å². The SMILES string of the molecule is COc1ccc(C)cc1S(=O)(=O)CCO. The van der Waals surface area contributed by atoms with Crippen LogP contribution in [0, 0.1) is 6.92 Å². The third-order valence-electron chi connectivity index (χ3n) is 2.01. The van der Waals surface area contributed by atoms with E-state index in [0.717, 1.165) is 5.56 Å². The number of methoxy groups -OCH3 is 1. The van der Waals surface area contributed by atoms with Crippen LogP contribution >= 0.6 is 0 Å². The highest BCUT2D eigenvalue weighted by Gasteiger charge is 2.18. The van der Waals surface area contributed by atoms with Gasteiger partial charge in [-0.05, 0) is 24.6 Å². The van der Waals surface area contributed by atoms with Gasteiger partial charge in [-0.2, -0.15) is 0 Å². The molecule has 0 saturated carbocycles. The normalized spacial score (nSPS) is 11.4. The van der Waals surface area contributed by atoms with Crippen molar-refractivity contribution in [2.24, 2.45) is 0 Å². The van der Waals surface area contributed by atoms with Crippen LogP contribution in [0.5, 0.6) is 5.75 Å². The zero-order chi connectivity index (χ0) is 11.5. The molecule has 1 rings (SSSR count). The summed E-state index contributed by atoms with van der Waals surface area (Å²) in [6.07, 6.45) is 0. The van der Waals surface area contributed by atoms with Gasteiger partial charge >= 0.3 is 0 Å². The topological polar surface area (TPSA) is 63.6 Å². The minimum Gasteiger partial charge on any atom is -0.495 e. The quantitative estimate of drug-likeness (QED) is 0.829. The monoisotopic (exact) mass is 230 g/mol. The van der Waals surface area contributed by atoms with Crippen molar-refractivity contribution >= 4 is 9.84 Å². The summed E-state index contributed by atoms with van der Waals surface area (Å²) in [7, 11) is -2.03. The largest absolute Gasteiger partial charge is 0.495 e. The first-order chi connectivity index (χ1) is 7.01. The van der Waals surface area contributed by atoms with Gasteiger partial charge in [0.15, 0.2) is 9.84 Å². The van der Waals surface area contributed by atoms with Crippen LogP contribution in [0.4, 0.5) is 0 Å². The molecule has 0 aromatic heterocycles. The van der Waals surface area contributed by atoms with Gasteiger partial charge in [-0.1, -0.05) is 6.07 Å². The average molecular weight is 230 g/mol. The maximum atomic E-state index is 11.7. The smallest absolute Gasteiger partial charge is 0.184 e. The molecule has 0 unspecified atom stereocenters. The molecule has 0 aliphatic rings. The number of hydrogen-bond donors (Lipinski definition) is 1. The number of aliphatic hydroxyl groups is 1. The molecule has 0 bridgehead atoms. The van der Waals surface area contributed by atoms with Gasteiger partial charge in [-0.15, -0.1) is 0 Å². The Morgan fingerprint density at radius 3 is 2.60 bits per heavy atom. The molecule has 4 nitrogen and oxygen atoms in total. The molecular weight excluding hydrogens is 216 g/mol. The molecule has 0 spiro atoms. The van der Waals surface area contributed by atoms with E-state index in [4.69, 9.17) is 9.84 Å². The first-order valence-corrected chi connectivity index (χ1v) is 6.15. The predicted octanol–water partition coefficient (Wildman–Crippen LogP) is 0.770. The van der Waals surface area contributed by atoms with Gasteiger partial charge in [0.2, 0.25) is 0 Å². The van der Waals surface area contributed by atoms with E-state index < -0.39 is 9.84 Å². The molecule has 0 aliphatic carbocycles. The summed E-state index contributed by atoms with van der Waals surface area (Å²) >= 11 is 0. The van der Waals surface area contributed by atoms with E-state index in [9.17, 15) is 8.42 Å². The standard InChI is InChI=1S/C10H14O4S/c1-8-3-4-9(14-2)10(7-8)15(12,13)6-5-11/h3-4,7,11H,5-6H2,1-2H3. The number of ether oxygens (including phenoxy) is 1. The van der Waals surface area contributed by atoms with E-state index in [-0.39, 0.29) is 17.3 Å². The van der Waals surface area contributed by atoms with Gasteiger partial charge < -0.3 is 9.84 Å². The van der Waals surface area contributed by atoms with Crippen LogP contribution in [0.2, 0.25) is 0 Å². The van der Waals surface area contributed by atoms with Gasteiger partial charge in [0, 0.05) is 0 Å². The molecule has 5 heteroatoms. The summed E-state index contributed by atoms with van der Waals surface area (Å²) in [6, 6.07) is 4.93. The highest BCUT2D eigenvalue weighted by atomic mass is 32.2. The highest BCUT2D eigenvalue weighted by molar-refractivity contribution is 7.91. The molecule has 15 heavy (non-hydrogen) atoms. The van der Waals surface area contributed by atoms with E-state index in [1.807, 2.05) is 0 Å². The second kappa shape index (κ2) is 4.63. The van der Waals surface area contributed by atoms with Crippen molar-refractivity contribution < 1.29 is 18.3 Å². The maximum Gasteiger partial charge on any atom is 0.184 e. The third-order valence-corrected chi connectivity index (χ3v) is 3.72. The number of benzene rings is 1. The highest BCUT2D eigenvalue weighted by Crippen LogP contribution is 2.25. The lowest BCUT2D eigenvalue weighted by Gasteiger charge is -2.09. The summed E-state index contributed by atoms with van der Waals surface area (Å²) in [5.74, 6) is 0.0290. The van der Waals surface area contributed by atoms with Crippen LogP contribution in [0.3, 0.4) is 0 Å². The van der Waals surface area contributed by atoms with Crippen LogP contribution in [0.1, 0.15) is 5.56 Å². The van der Waals surface area contributed by atoms with E-state index in [1.54, 1.807) is 25.1 Å². The molecule has 0 aliphatic heterocycles. The fourth-order valence-electron chi connectivity index (χ4n) is 1.26. The number of rotatable bonds is 4. The number of aliphatic hydroxyl groups excluding tert-OH is 1. The summed E-state index contributed by atoms with van der Waals surface area (Å²) < 4.78 is 28.4. The average Bonchev–Trinajstić information content (AvgIpc) is 2.17. The van der Waals surface area contributed by atoms with Crippen LogP contribution in [-0.2, 0) is 9.84 Å². The Morgan fingerprint density at radius 2 is 2.07 bits per heavy atom. The molecule has 0 fully saturated rings. The van der Waals surface area contributed by atoms with Gasteiger partial charge in [-0.3, -0.25) is 0 Å². The van der Waals surface area contributed by atoms with Crippen LogP contribution in [-0.4, -0.2) is 33.0 Å². The van der Waals surface area contributed by atoms with Crippen molar-refractivity contribution in [3.8, 4) is 5.75 Å². The molecule has 0 heterocycles. The lowest BCUT2D eigenvalue weighted by Crippen LogP contribution is -2.11. The first kappa shape index (κ1) is 12.0. The van der Waals surface area contributed by atoms with Crippen LogP contribution in [0.25, 0.3) is 0 Å². The number of hydrogen-bond acceptors (Lipinski definition) is 4. The minimum atomic E-state index is -3.45. The van der Waals surface area contributed by atoms with E-state index in [0.29, 0.717) is 5.75 Å². The zero-order valence-corrected chi connectivity index (χ0v) is 9.54. The third kappa shape index (κ3) is 2.70. The molecule has 0 saturated heterocycles.